The molecule has 0 radical (unpaired) electrons. The number of carbonyl (C=O) groups excluding carboxylic acids is 5. The number of hydrogen-bond acceptors (Lipinski definition) is 17. The fourth-order valence-corrected chi connectivity index (χ4v) is 15.0. The SMILES string of the molecule is CC(C)Cc1ccc(C(C)C(=O)Oc2cc(O)cc(/C=C/c3ccc(O)cc3)c2)cc1.CC(C)Cc1ccc(C(C)C(=O)Oc2ccc(/C=C/c3cc(O)cc(O)c3)cc2)cc1.CC(C)Cc1ccc(C(C)C(=O)Oc2ccc(/C=C/c3cc(O)cc(OC(=O)C(C)c4ccc(CC(C)C)cc4)c3)cc2)cc1.CC(C)Cc1ccc([C@@H](C)C(=O)Oc2cc(O)cc(/C=C/c3ccc(O)cc3)c2)cc1. The van der Waals surface area contributed by atoms with Gasteiger partial charge in [-0.2, -0.15) is 0 Å². The molecule has 7 N–H and O–H groups in total. The van der Waals surface area contributed by atoms with Crippen LogP contribution in [0.15, 0.2) is 291 Å². The molecule has 4 unspecified atom stereocenters. The first kappa shape index (κ1) is 105. The van der Waals surface area contributed by atoms with E-state index in [0.717, 1.165) is 82.2 Å². The molecule has 13 aromatic rings. The molecule has 714 valence electrons. The molecule has 5 atom stereocenters. The van der Waals surface area contributed by atoms with Gasteiger partial charge in [0.15, 0.2) is 0 Å². The molecular weight excluding hydrogens is 1730 g/mol. The molecule has 17 nitrogen and oxygen atoms in total. The van der Waals surface area contributed by atoms with Gasteiger partial charge in [0.1, 0.15) is 69.0 Å². The summed E-state index contributed by atoms with van der Waals surface area (Å²) in [4.78, 5) is 63.6. The number of aromatic hydroxyl groups is 7. The van der Waals surface area contributed by atoms with Crippen molar-refractivity contribution in [3.05, 3.63) is 391 Å². The maximum absolute atomic E-state index is 12.9. The van der Waals surface area contributed by atoms with E-state index in [1.54, 1.807) is 140 Å². The lowest BCUT2D eigenvalue weighted by atomic mass is 9.97. The summed E-state index contributed by atoms with van der Waals surface area (Å²) in [6.07, 6.45) is 19.7. The third kappa shape index (κ3) is 34.9. The van der Waals surface area contributed by atoms with E-state index in [2.05, 4.69) is 130 Å². The molecule has 0 aromatic heterocycles. The van der Waals surface area contributed by atoms with E-state index in [0.29, 0.717) is 74.8 Å². The second kappa shape index (κ2) is 51.5. The summed E-state index contributed by atoms with van der Waals surface area (Å²) in [5, 5.41) is 68.2. The Hall–Kier alpha value is -15.2. The van der Waals surface area contributed by atoms with Gasteiger partial charge in [0, 0.05) is 24.3 Å². The Bertz CT molecular complexity index is 6070. The molecular formula is C121H128O17. The van der Waals surface area contributed by atoms with Crippen LogP contribution in [0.5, 0.6) is 69.0 Å². The minimum Gasteiger partial charge on any atom is -0.508 e. The van der Waals surface area contributed by atoms with Gasteiger partial charge in [0.25, 0.3) is 0 Å². The number of benzene rings is 13. The van der Waals surface area contributed by atoms with Crippen molar-refractivity contribution >= 4 is 78.5 Å². The molecule has 0 aliphatic rings. The van der Waals surface area contributed by atoms with Crippen molar-refractivity contribution in [2.45, 2.75) is 166 Å². The van der Waals surface area contributed by atoms with E-state index in [-0.39, 0.29) is 81.7 Å². The van der Waals surface area contributed by atoms with Crippen molar-refractivity contribution < 1.29 is 83.4 Å². The van der Waals surface area contributed by atoms with Gasteiger partial charge in [-0.1, -0.05) is 288 Å². The van der Waals surface area contributed by atoms with Crippen molar-refractivity contribution in [2.75, 3.05) is 0 Å². The lowest BCUT2D eigenvalue weighted by molar-refractivity contribution is -0.136. The minimum atomic E-state index is -0.453. The molecule has 0 bridgehead atoms. The smallest absolute Gasteiger partial charge is 0.318 e. The van der Waals surface area contributed by atoms with E-state index in [1.807, 2.05) is 150 Å². The Balaban J connectivity index is 0.000000193. The Morgan fingerprint density at radius 2 is 0.355 bits per heavy atom. The average Bonchev–Trinajstić information content (AvgIpc) is 0.853. The van der Waals surface area contributed by atoms with Crippen molar-refractivity contribution in [3.8, 4) is 69.0 Å². The summed E-state index contributed by atoms with van der Waals surface area (Å²) in [7, 11) is 0. The third-order valence-corrected chi connectivity index (χ3v) is 22.6. The second-order valence-electron chi connectivity index (χ2n) is 37.1. The molecule has 0 aliphatic carbocycles. The summed E-state index contributed by atoms with van der Waals surface area (Å²) in [5.41, 5.74) is 17.1. The zero-order valence-corrected chi connectivity index (χ0v) is 81.4. The summed E-state index contributed by atoms with van der Waals surface area (Å²) >= 11 is 0. The summed E-state index contributed by atoms with van der Waals surface area (Å²) in [6, 6.07) is 86.9. The molecule has 0 aliphatic heterocycles. The van der Waals surface area contributed by atoms with Crippen LogP contribution in [0.4, 0.5) is 0 Å². The lowest BCUT2D eigenvalue weighted by Crippen LogP contribution is -2.16. The highest BCUT2D eigenvalue weighted by Gasteiger charge is 2.25. The summed E-state index contributed by atoms with van der Waals surface area (Å²) < 4.78 is 27.9. The molecule has 0 amide bonds. The van der Waals surface area contributed by atoms with Crippen LogP contribution in [0.1, 0.15) is 234 Å². The number of phenols is 7. The zero-order chi connectivity index (χ0) is 99.6. The Kier molecular flexibility index (Phi) is 39.1. The lowest BCUT2D eigenvalue weighted by Gasteiger charge is -2.13. The molecule has 0 heterocycles. The van der Waals surface area contributed by atoms with Crippen molar-refractivity contribution in [1.82, 2.24) is 0 Å². The first-order valence-corrected chi connectivity index (χ1v) is 46.9. The first-order valence-electron chi connectivity index (χ1n) is 46.9. The molecule has 0 spiro atoms. The van der Waals surface area contributed by atoms with Crippen LogP contribution >= 0.6 is 0 Å². The third-order valence-electron chi connectivity index (χ3n) is 22.6. The van der Waals surface area contributed by atoms with Gasteiger partial charge >= 0.3 is 29.8 Å². The van der Waals surface area contributed by atoms with Gasteiger partial charge in [0.05, 0.1) is 29.6 Å². The van der Waals surface area contributed by atoms with Crippen LogP contribution in [0.2, 0.25) is 0 Å². The van der Waals surface area contributed by atoms with Gasteiger partial charge < -0.3 is 59.4 Å². The number of ether oxygens (including phenoxy) is 5. The van der Waals surface area contributed by atoms with Gasteiger partial charge in [-0.3, -0.25) is 24.0 Å². The standard InChI is InChI=1S/C40H44O5.3C27H28O4/c1-26(2)21-31-9-15-34(16-10-31)28(5)39(42)44-37-19-13-30(14-20-37)7-8-33-23-36(41)25-38(24-33)45-40(43)29(6)35-17-11-32(12-18-35)22-27(3)4;1-18(2)14-21-6-10-23(11-7-21)19(3)27(30)31-26-12-8-20(9-13-26)4-5-22-15-24(28)17-25(29)16-22;2*1-18(2)14-21-6-10-23(11-7-21)19(3)27(30)31-26-16-22(15-25(29)17-26)5-4-20-8-12-24(28)13-9-20/h7-20,23-29,41H,21-22H2,1-6H3;3*4-13,15-19,28-29H,14H2,1-3H3/b8-7+;3*5-4+/t;;19-;/m..1./s1. The second-order valence-corrected chi connectivity index (χ2v) is 37.1. The fourth-order valence-electron chi connectivity index (χ4n) is 15.0. The van der Waals surface area contributed by atoms with Crippen LogP contribution in [0.25, 0.3) is 48.6 Å². The molecule has 13 aromatic carbocycles. The normalized spacial score (nSPS) is 12.4. The predicted octanol–water partition coefficient (Wildman–Crippen LogP) is 27.9. The first-order chi connectivity index (χ1) is 65.8. The number of esters is 5. The van der Waals surface area contributed by atoms with Gasteiger partial charge in [0.2, 0.25) is 0 Å². The number of phenolic OH excluding ortho intramolecular Hbond substituents is 7. The predicted molar refractivity (Wildman–Crippen MR) is 554 cm³/mol. The Morgan fingerprint density at radius 3 is 0.551 bits per heavy atom. The van der Waals surface area contributed by atoms with Crippen LogP contribution in [0, 0.1) is 29.6 Å². The topological polar surface area (TPSA) is 273 Å². The van der Waals surface area contributed by atoms with Crippen molar-refractivity contribution in [1.29, 1.82) is 0 Å². The van der Waals surface area contributed by atoms with Crippen LogP contribution in [0.3, 0.4) is 0 Å². The highest BCUT2D eigenvalue weighted by atomic mass is 16.6. The molecule has 0 saturated heterocycles. The van der Waals surface area contributed by atoms with E-state index in [9.17, 15) is 59.7 Å². The molecule has 0 saturated carbocycles. The highest BCUT2D eigenvalue weighted by Crippen LogP contribution is 2.34. The molecule has 138 heavy (non-hydrogen) atoms. The van der Waals surface area contributed by atoms with Crippen LogP contribution < -0.4 is 23.7 Å². The number of carbonyl (C=O) groups is 5. The van der Waals surface area contributed by atoms with E-state index >= 15 is 0 Å². The number of rotatable bonds is 33. The van der Waals surface area contributed by atoms with E-state index in [1.165, 1.54) is 52.1 Å². The zero-order valence-electron chi connectivity index (χ0n) is 81.4. The largest absolute Gasteiger partial charge is 0.508 e. The van der Waals surface area contributed by atoms with Gasteiger partial charge in [-0.05, 0) is 294 Å². The molecule has 0 fully saturated rings. The van der Waals surface area contributed by atoms with Crippen molar-refractivity contribution in [3.63, 3.8) is 0 Å². The van der Waals surface area contributed by atoms with E-state index in [4.69, 9.17) is 23.7 Å². The quantitative estimate of drug-likeness (QED) is 0.0114. The average molecular weight is 1850 g/mol. The fraction of sp³-hybridized carbons (Fsp3) is 0.248. The monoisotopic (exact) mass is 1850 g/mol. The molecule has 13 rings (SSSR count). The van der Waals surface area contributed by atoms with Crippen molar-refractivity contribution in [2.24, 2.45) is 29.6 Å². The summed E-state index contributed by atoms with van der Waals surface area (Å²) in [5.74, 6) is 1.34. The Labute approximate surface area is 812 Å². The van der Waals surface area contributed by atoms with Gasteiger partial charge in [-0.15, -0.1) is 0 Å². The van der Waals surface area contributed by atoms with Gasteiger partial charge in [-0.25, -0.2) is 0 Å². The minimum absolute atomic E-state index is 0.00316. The molecule has 17 heteroatoms. The summed E-state index contributed by atoms with van der Waals surface area (Å²) in [6.45, 7) is 31.0. The highest BCUT2D eigenvalue weighted by molar-refractivity contribution is 5.85. The number of hydrogen-bond donors (Lipinski definition) is 7. The van der Waals surface area contributed by atoms with Crippen LogP contribution in [-0.2, 0) is 56.1 Å². The maximum Gasteiger partial charge on any atom is 0.318 e. The van der Waals surface area contributed by atoms with Crippen LogP contribution in [-0.4, -0.2) is 65.6 Å². The van der Waals surface area contributed by atoms with E-state index < -0.39 is 23.7 Å². The maximum atomic E-state index is 12.9. The Morgan fingerprint density at radius 1 is 0.188 bits per heavy atom.